The Balaban J connectivity index is 2.30. The summed E-state index contributed by atoms with van der Waals surface area (Å²) in [6, 6.07) is 4.33. The first-order chi connectivity index (χ1) is 6.76. The van der Waals surface area contributed by atoms with E-state index in [4.69, 9.17) is 9.52 Å². The lowest BCUT2D eigenvalue weighted by Crippen LogP contribution is -2.26. The summed E-state index contributed by atoms with van der Waals surface area (Å²) in [6.07, 6.45) is 1.72. The van der Waals surface area contributed by atoms with Crippen molar-refractivity contribution in [2.24, 2.45) is 0 Å². The van der Waals surface area contributed by atoms with Crippen LogP contribution in [0.2, 0.25) is 0 Å². The summed E-state index contributed by atoms with van der Waals surface area (Å²) in [7, 11) is 0. The van der Waals surface area contributed by atoms with E-state index in [1.165, 1.54) is 0 Å². The van der Waals surface area contributed by atoms with E-state index in [9.17, 15) is 0 Å². The lowest BCUT2D eigenvalue weighted by Gasteiger charge is -2.10. The van der Waals surface area contributed by atoms with Crippen LogP contribution in [-0.4, -0.2) is 17.8 Å². The van der Waals surface area contributed by atoms with Gasteiger partial charge in [0.05, 0.1) is 6.54 Å². The summed E-state index contributed by atoms with van der Waals surface area (Å²) in [4.78, 5) is 0. The Morgan fingerprint density at radius 2 is 2.14 bits per heavy atom. The Hall–Kier alpha value is -0.800. The standard InChI is InChI=1S/C11H19NO2/c1-3-10-4-5-11(14-10)8-12-9(2)6-7-13/h4-5,9,12-13H,3,6-8H2,1-2H3. The van der Waals surface area contributed by atoms with Crippen LogP contribution >= 0.6 is 0 Å². The van der Waals surface area contributed by atoms with Crippen LogP contribution < -0.4 is 5.32 Å². The zero-order valence-corrected chi connectivity index (χ0v) is 8.92. The first-order valence-corrected chi connectivity index (χ1v) is 5.18. The molecule has 1 aromatic rings. The SMILES string of the molecule is CCc1ccc(CNC(C)CCO)o1. The van der Waals surface area contributed by atoms with Crippen molar-refractivity contribution in [2.45, 2.75) is 39.3 Å². The van der Waals surface area contributed by atoms with Crippen LogP contribution in [0.5, 0.6) is 0 Å². The average molecular weight is 197 g/mol. The van der Waals surface area contributed by atoms with Crippen molar-refractivity contribution < 1.29 is 9.52 Å². The predicted molar refractivity (Wildman–Crippen MR) is 56.1 cm³/mol. The Morgan fingerprint density at radius 1 is 1.43 bits per heavy atom. The molecule has 1 rings (SSSR count). The van der Waals surface area contributed by atoms with Gasteiger partial charge in [-0.3, -0.25) is 0 Å². The van der Waals surface area contributed by atoms with Crippen LogP contribution in [0.1, 0.15) is 31.8 Å². The van der Waals surface area contributed by atoms with E-state index in [-0.39, 0.29) is 6.61 Å². The van der Waals surface area contributed by atoms with Gasteiger partial charge >= 0.3 is 0 Å². The molecule has 3 heteroatoms. The molecule has 1 unspecified atom stereocenters. The van der Waals surface area contributed by atoms with E-state index in [1.54, 1.807) is 0 Å². The molecular formula is C11H19NO2. The van der Waals surface area contributed by atoms with Gasteiger partial charge in [0.15, 0.2) is 0 Å². The number of nitrogens with one attached hydrogen (secondary N) is 1. The van der Waals surface area contributed by atoms with E-state index >= 15 is 0 Å². The number of aliphatic hydroxyl groups excluding tert-OH is 1. The number of furan rings is 1. The van der Waals surface area contributed by atoms with E-state index in [2.05, 4.69) is 19.2 Å². The maximum absolute atomic E-state index is 8.71. The molecule has 2 N–H and O–H groups in total. The Morgan fingerprint density at radius 3 is 2.71 bits per heavy atom. The van der Waals surface area contributed by atoms with Crippen LogP contribution in [0.25, 0.3) is 0 Å². The summed E-state index contributed by atoms with van der Waals surface area (Å²) < 4.78 is 5.54. The molecular weight excluding hydrogens is 178 g/mol. The molecule has 0 aliphatic rings. The maximum Gasteiger partial charge on any atom is 0.117 e. The Labute approximate surface area is 85.1 Å². The fourth-order valence-electron chi connectivity index (χ4n) is 1.28. The van der Waals surface area contributed by atoms with Gasteiger partial charge in [-0.15, -0.1) is 0 Å². The van der Waals surface area contributed by atoms with Gasteiger partial charge in [-0.25, -0.2) is 0 Å². The molecule has 80 valence electrons. The molecule has 0 radical (unpaired) electrons. The van der Waals surface area contributed by atoms with Gasteiger partial charge in [0.2, 0.25) is 0 Å². The zero-order valence-electron chi connectivity index (χ0n) is 8.92. The summed E-state index contributed by atoms with van der Waals surface area (Å²) >= 11 is 0. The van der Waals surface area contributed by atoms with Crippen LogP contribution in [0.3, 0.4) is 0 Å². The van der Waals surface area contributed by atoms with Crippen molar-refractivity contribution >= 4 is 0 Å². The number of hydrogen-bond donors (Lipinski definition) is 2. The normalized spacial score (nSPS) is 13.1. The van der Waals surface area contributed by atoms with E-state index in [0.29, 0.717) is 6.04 Å². The lowest BCUT2D eigenvalue weighted by atomic mass is 10.2. The molecule has 1 atom stereocenters. The second-order valence-corrected chi connectivity index (χ2v) is 3.52. The first kappa shape index (κ1) is 11.3. The highest BCUT2D eigenvalue weighted by molar-refractivity contribution is 5.06. The van der Waals surface area contributed by atoms with Gasteiger partial charge in [-0.1, -0.05) is 6.92 Å². The third kappa shape index (κ3) is 3.52. The number of rotatable bonds is 6. The van der Waals surface area contributed by atoms with Gasteiger partial charge in [0, 0.05) is 19.1 Å². The van der Waals surface area contributed by atoms with Crippen molar-refractivity contribution in [3.8, 4) is 0 Å². The van der Waals surface area contributed by atoms with Crippen LogP contribution in [0.15, 0.2) is 16.5 Å². The summed E-state index contributed by atoms with van der Waals surface area (Å²) in [5.41, 5.74) is 0. The second-order valence-electron chi connectivity index (χ2n) is 3.52. The molecule has 0 bridgehead atoms. The summed E-state index contributed by atoms with van der Waals surface area (Å²) in [5, 5.41) is 12.0. The largest absolute Gasteiger partial charge is 0.465 e. The molecule has 0 aliphatic carbocycles. The minimum atomic E-state index is 0.229. The number of aryl methyl sites for hydroxylation is 1. The predicted octanol–water partition coefficient (Wildman–Crippen LogP) is 1.70. The molecule has 0 fully saturated rings. The third-order valence-corrected chi connectivity index (χ3v) is 2.25. The van der Waals surface area contributed by atoms with E-state index in [1.807, 2.05) is 12.1 Å². The molecule has 0 saturated carbocycles. The van der Waals surface area contributed by atoms with Gasteiger partial charge < -0.3 is 14.8 Å². The molecule has 1 heterocycles. The third-order valence-electron chi connectivity index (χ3n) is 2.25. The average Bonchev–Trinajstić information content (AvgIpc) is 2.63. The van der Waals surface area contributed by atoms with Crippen LogP contribution in [-0.2, 0) is 13.0 Å². The molecule has 0 amide bonds. The molecule has 0 spiro atoms. The molecule has 1 aromatic heterocycles. The van der Waals surface area contributed by atoms with Gasteiger partial charge in [0.1, 0.15) is 11.5 Å². The number of hydrogen-bond acceptors (Lipinski definition) is 3. The fraction of sp³-hybridized carbons (Fsp3) is 0.636. The van der Waals surface area contributed by atoms with Crippen LogP contribution in [0.4, 0.5) is 0 Å². The van der Waals surface area contributed by atoms with Crippen molar-refractivity contribution in [2.75, 3.05) is 6.61 Å². The minimum Gasteiger partial charge on any atom is -0.465 e. The van der Waals surface area contributed by atoms with Crippen molar-refractivity contribution in [3.63, 3.8) is 0 Å². The van der Waals surface area contributed by atoms with Gasteiger partial charge in [0.25, 0.3) is 0 Å². The second kappa shape index (κ2) is 5.83. The zero-order chi connectivity index (χ0) is 10.4. The first-order valence-electron chi connectivity index (χ1n) is 5.18. The van der Waals surface area contributed by atoms with Crippen molar-refractivity contribution in [3.05, 3.63) is 23.7 Å². The highest BCUT2D eigenvalue weighted by Crippen LogP contribution is 2.08. The smallest absolute Gasteiger partial charge is 0.117 e. The quantitative estimate of drug-likeness (QED) is 0.729. The van der Waals surface area contributed by atoms with Crippen molar-refractivity contribution in [1.82, 2.24) is 5.32 Å². The van der Waals surface area contributed by atoms with Gasteiger partial charge in [-0.2, -0.15) is 0 Å². The highest BCUT2D eigenvalue weighted by atomic mass is 16.3. The molecule has 14 heavy (non-hydrogen) atoms. The Kier molecular flexibility index (Phi) is 4.70. The van der Waals surface area contributed by atoms with E-state index in [0.717, 1.165) is 30.9 Å². The fourth-order valence-corrected chi connectivity index (χ4v) is 1.28. The monoisotopic (exact) mass is 197 g/mol. The van der Waals surface area contributed by atoms with Gasteiger partial charge in [-0.05, 0) is 25.5 Å². The maximum atomic E-state index is 8.71. The van der Waals surface area contributed by atoms with Crippen LogP contribution in [0, 0.1) is 0 Å². The number of aliphatic hydroxyl groups is 1. The summed E-state index contributed by atoms with van der Waals surface area (Å²) in [6.45, 7) is 5.10. The molecule has 0 aromatic carbocycles. The molecule has 3 nitrogen and oxygen atoms in total. The topological polar surface area (TPSA) is 45.4 Å². The Bertz CT molecular complexity index is 258. The minimum absolute atomic E-state index is 0.229. The lowest BCUT2D eigenvalue weighted by molar-refractivity contribution is 0.267. The summed E-state index contributed by atoms with van der Waals surface area (Å²) in [5.74, 6) is 1.99. The molecule has 0 saturated heterocycles. The van der Waals surface area contributed by atoms with E-state index < -0.39 is 0 Å². The molecule has 0 aliphatic heterocycles. The highest BCUT2D eigenvalue weighted by Gasteiger charge is 2.03. The van der Waals surface area contributed by atoms with Crippen molar-refractivity contribution in [1.29, 1.82) is 0 Å².